The molecule has 0 aliphatic heterocycles. The van der Waals surface area contributed by atoms with Gasteiger partial charge in [-0.3, -0.25) is 4.79 Å². The van der Waals surface area contributed by atoms with Crippen LogP contribution in [-0.4, -0.2) is 32.0 Å². The number of anilines is 1. The molecule has 1 unspecified atom stereocenters. The van der Waals surface area contributed by atoms with E-state index in [1.54, 1.807) is 60.7 Å². The summed E-state index contributed by atoms with van der Waals surface area (Å²) < 4.78 is 33.7. The fourth-order valence-electron chi connectivity index (χ4n) is 5.89. The Morgan fingerprint density at radius 1 is 0.692 bits per heavy atom. The first-order valence-corrected chi connectivity index (χ1v) is 18.8. The molecule has 0 aromatic heterocycles. The molecular formula is C43H39ClN2O5S. The van der Waals surface area contributed by atoms with Crippen LogP contribution in [-0.2, 0) is 29.3 Å². The fraction of sp³-hybridized carbons (Fsp3) is 0.140. The first-order chi connectivity index (χ1) is 25.3. The van der Waals surface area contributed by atoms with Crippen molar-refractivity contribution < 1.29 is 23.1 Å². The number of benzene rings is 6. The summed E-state index contributed by atoms with van der Waals surface area (Å²) >= 11 is 6.22. The standard InChI is InChI=1S/C43H39ClN2O5S/c44-35-16-10-15-34(28-35)42(47)40(27-32-11-4-1-5-12-32)45-26-25-31-19-21-37(22-20-31)52(49,50)38-23-24-41(51-30-33-13-6-2-7-14-33)39(29-38)43(48)46-36-17-8-3-9-18-36/h1-24,28-29,40,42,45,47H,25-27,30H2,(H,46,48)/t40?,42-/m1/s1. The highest BCUT2D eigenvalue weighted by Gasteiger charge is 2.24. The molecule has 0 aliphatic rings. The van der Waals surface area contributed by atoms with Crippen molar-refractivity contribution in [3.8, 4) is 5.75 Å². The molecule has 0 spiro atoms. The van der Waals surface area contributed by atoms with Crippen molar-refractivity contribution in [3.63, 3.8) is 0 Å². The maximum atomic E-state index is 13.9. The second kappa shape index (κ2) is 17.3. The Hall–Kier alpha value is -5.25. The highest BCUT2D eigenvalue weighted by atomic mass is 35.5. The first-order valence-electron chi connectivity index (χ1n) is 17.0. The van der Waals surface area contributed by atoms with E-state index in [0.717, 1.165) is 22.3 Å². The summed E-state index contributed by atoms with van der Waals surface area (Å²) in [5.41, 5.74) is 4.33. The Bertz CT molecular complexity index is 2180. The summed E-state index contributed by atoms with van der Waals surface area (Å²) in [5.74, 6) is -0.217. The fourth-order valence-corrected chi connectivity index (χ4v) is 7.38. The molecule has 264 valence electrons. The number of aliphatic hydroxyl groups is 1. The van der Waals surface area contributed by atoms with Gasteiger partial charge < -0.3 is 20.5 Å². The number of halogens is 1. The maximum absolute atomic E-state index is 13.9. The number of rotatable bonds is 15. The monoisotopic (exact) mass is 730 g/mol. The zero-order valence-corrected chi connectivity index (χ0v) is 29.9. The van der Waals surface area contributed by atoms with Gasteiger partial charge in [0.25, 0.3) is 5.91 Å². The average molecular weight is 731 g/mol. The van der Waals surface area contributed by atoms with E-state index in [4.69, 9.17) is 16.3 Å². The zero-order chi connectivity index (χ0) is 36.3. The van der Waals surface area contributed by atoms with Gasteiger partial charge in [-0.2, -0.15) is 0 Å². The van der Waals surface area contributed by atoms with Crippen LogP contribution in [0.3, 0.4) is 0 Å². The van der Waals surface area contributed by atoms with E-state index in [-0.39, 0.29) is 33.8 Å². The van der Waals surface area contributed by atoms with Gasteiger partial charge >= 0.3 is 0 Å². The van der Waals surface area contributed by atoms with Gasteiger partial charge in [0, 0.05) is 16.8 Å². The predicted octanol–water partition coefficient (Wildman–Crippen LogP) is 8.48. The Morgan fingerprint density at radius 2 is 1.33 bits per heavy atom. The van der Waals surface area contributed by atoms with Crippen molar-refractivity contribution in [1.29, 1.82) is 0 Å². The Balaban J connectivity index is 1.16. The SMILES string of the molecule is O=C(Nc1ccccc1)c1cc(S(=O)(=O)c2ccc(CCNC(Cc3ccccc3)[C@H](O)c3cccc(Cl)c3)cc2)ccc1OCc1ccccc1. The smallest absolute Gasteiger partial charge is 0.259 e. The predicted molar refractivity (Wildman–Crippen MR) is 206 cm³/mol. The Kier molecular flexibility index (Phi) is 12.2. The lowest BCUT2D eigenvalue weighted by Gasteiger charge is -2.25. The Labute approximate surface area is 309 Å². The summed E-state index contributed by atoms with van der Waals surface area (Å²) in [6.07, 6.45) is 0.416. The van der Waals surface area contributed by atoms with Crippen LogP contribution in [0.1, 0.15) is 38.7 Å². The quantitative estimate of drug-likeness (QED) is 0.0980. The molecule has 9 heteroatoms. The molecule has 0 radical (unpaired) electrons. The molecule has 52 heavy (non-hydrogen) atoms. The molecule has 0 heterocycles. The minimum Gasteiger partial charge on any atom is -0.488 e. The highest BCUT2D eigenvalue weighted by molar-refractivity contribution is 7.91. The van der Waals surface area contributed by atoms with Crippen LogP contribution in [0, 0.1) is 0 Å². The number of nitrogens with one attached hydrogen (secondary N) is 2. The second-order valence-corrected chi connectivity index (χ2v) is 14.8. The molecule has 0 fully saturated rings. The van der Waals surface area contributed by atoms with Crippen molar-refractivity contribution in [2.75, 3.05) is 11.9 Å². The molecule has 3 N–H and O–H groups in total. The molecule has 7 nitrogen and oxygen atoms in total. The number of ether oxygens (including phenoxy) is 1. The maximum Gasteiger partial charge on any atom is 0.259 e. The Morgan fingerprint density at radius 3 is 2.00 bits per heavy atom. The molecule has 0 saturated heterocycles. The average Bonchev–Trinajstić information content (AvgIpc) is 3.17. The van der Waals surface area contributed by atoms with Crippen LogP contribution in [0.5, 0.6) is 5.75 Å². The minimum absolute atomic E-state index is 0.0223. The van der Waals surface area contributed by atoms with Crippen LogP contribution in [0.2, 0.25) is 5.02 Å². The number of para-hydroxylation sites is 1. The van der Waals surface area contributed by atoms with Gasteiger partial charge in [-0.05, 0) is 96.2 Å². The van der Waals surface area contributed by atoms with E-state index in [9.17, 15) is 18.3 Å². The molecule has 0 bridgehead atoms. The van der Waals surface area contributed by atoms with Gasteiger partial charge in [-0.25, -0.2) is 8.42 Å². The van der Waals surface area contributed by atoms with Gasteiger partial charge in [0.05, 0.1) is 21.5 Å². The van der Waals surface area contributed by atoms with E-state index in [1.807, 2.05) is 78.9 Å². The lowest BCUT2D eigenvalue weighted by Crippen LogP contribution is -2.38. The van der Waals surface area contributed by atoms with Crippen molar-refractivity contribution in [1.82, 2.24) is 5.32 Å². The third kappa shape index (κ3) is 9.54. The van der Waals surface area contributed by atoms with Gasteiger partial charge in [-0.1, -0.05) is 115 Å². The number of hydrogen-bond acceptors (Lipinski definition) is 6. The summed E-state index contributed by atoms with van der Waals surface area (Å²) in [4.78, 5) is 13.6. The van der Waals surface area contributed by atoms with Crippen molar-refractivity contribution in [2.24, 2.45) is 0 Å². The van der Waals surface area contributed by atoms with E-state index >= 15 is 0 Å². The minimum atomic E-state index is -3.98. The lowest BCUT2D eigenvalue weighted by atomic mass is 9.96. The van der Waals surface area contributed by atoms with E-state index < -0.39 is 21.8 Å². The van der Waals surface area contributed by atoms with E-state index in [2.05, 4.69) is 10.6 Å². The molecule has 0 aliphatic carbocycles. The van der Waals surface area contributed by atoms with Gasteiger partial charge in [0.2, 0.25) is 9.84 Å². The number of aliphatic hydroxyl groups excluding tert-OH is 1. The number of carbonyl (C=O) groups excluding carboxylic acids is 1. The van der Waals surface area contributed by atoms with Crippen LogP contribution in [0.15, 0.2) is 168 Å². The van der Waals surface area contributed by atoms with Gasteiger partial charge in [0.15, 0.2) is 0 Å². The number of sulfone groups is 1. The van der Waals surface area contributed by atoms with Crippen LogP contribution in [0.25, 0.3) is 0 Å². The molecular weight excluding hydrogens is 692 g/mol. The topological polar surface area (TPSA) is 105 Å². The van der Waals surface area contributed by atoms with Crippen LogP contribution < -0.4 is 15.4 Å². The van der Waals surface area contributed by atoms with Gasteiger partial charge in [0.1, 0.15) is 12.4 Å². The summed E-state index contributed by atoms with van der Waals surface area (Å²) in [6, 6.07) is 46.5. The number of hydrogen-bond donors (Lipinski definition) is 3. The molecule has 0 saturated carbocycles. The number of amides is 1. The van der Waals surface area contributed by atoms with E-state index in [1.165, 1.54) is 18.2 Å². The molecule has 1 amide bonds. The van der Waals surface area contributed by atoms with Gasteiger partial charge in [-0.15, -0.1) is 0 Å². The largest absolute Gasteiger partial charge is 0.488 e. The third-order valence-electron chi connectivity index (χ3n) is 8.70. The summed E-state index contributed by atoms with van der Waals surface area (Å²) in [6.45, 7) is 0.757. The lowest BCUT2D eigenvalue weighted by molar-refractivity contribution is 0.102. The first kappa shape index (κ1) is 36.5. The molecule has 2 atom stereocenters. The van der Waals surface area contributed by atoms with Crippen molar-refractivity contribution in [3.05, 3.63) is 191 Å². The molecule has 6 rings (SSSR count). The van der Waals surface area contributed by atoms with Crippen molar-refractivity contribution in [2.45, 2.75) is 41.4 Å². The summed E-state index contributed by atoms with van der Waals surface area (Å²) in [7, 11) is -3.98. The number of carbonyl (C=O) groups is 1. The van der Waals surface area contributed by atoms with E-state index in [0.29, 0.717) is 30.1 Å². The zero-order valence-electron chi connectivity index (χ0n) is 28.4. The normalized spacial score (nSPS) is 12.5. The van der Waals surface area contributed by atoms with Crippen LogP contribution in [0.4, 0.5) is 5.69 Å². The molecule has 6 aromatic rings. The summed E-state index contributed by atoms with van der Waals surface area (Å²) in [5, 5.41) is 18.2. The second-order valence-electron chi connectivity index (χ2n) is 12.4. The molecule has 6 aromatic carbocycles. The highest BCUT2D eigenvalue weighted by Crippen LogP contribution is 2.29. The third-order valence-corrected chi connectivity index (χ3v) is 10.7. The van der Waals surface area contributed by atoms with Crippen LogP contribution >= 0.6 is 11.6 Å². The van der Waals surface area contributed by atoms with Crippen molar-refractivity contribution >= 4 is 33.0 Å².